The third kappa shape index (κ3) is 2.29. The van der Waals surface area contributed by atoms with Crippen molar-refractivity contribution in [2.75, 3.05) is 12.0 Å². The maximum atomic E-state index is 12.9. The Kier molecular flexibility index (Phi) is 3.42. The average molecular weight is 281 g/mol. The molecule has 1 aliphatic heterocycles. The average Bonchev–Trinajstić information content (AvgIpc) is 2.82. The van der Waals surface area contributed by atoms with Gasteiger partial charge in [-0.05, 0) is 49.6 Å². The van der Waals surface area contributed by atoms with Crippen LogP contribution in [0.15, 0.2) is 42.5 Å². The molecule has 0 spiro atoms. The van der Waals surface area contributed by atoms with Crippen LogP contribution in [-0.4, -0.2) is 19.1 Å². The number of para-hydroxylation sites is 1. The van der Waals surface area contributed by atoms with Gasteiger partial charge in [-0.25, -0.2) is 0 Å². The van der Waals surface area contributed by atoms with Crippen LogP contribution < -0.4 is 9.64 Å². The Morgan fingerprint density at radius 1 is 1.24 bits per heavy atom. The van der Waals surface area contributed by atoms with Crippen LogP contribution in [0, 0.1) is 6.92 Å². The number of fused-ring (bicyclic) bond motifs is 1. The van der Waals surface area contributed by atoms with E-state index in [1.54, 1.807) is 7.11 Å². The van der Waals surface area contributed by atoms with Crippen LogP contribution in [0.2, 0.25) is 0 Å². The molecule has 1 heterocycles. The molecule has 1 aliphatic rings. The molecule has 0 unspecified atom stereocenters. The summed E-state index contributed by atoms with van der Waals surface area (Å²) in [6.45, 7) is 4.06. The molecule has 2 aromatic rings. The highest BCUT2D eigenvalue weighted by atomic mass is 16.5. The lowest BCUT2D eigenvalue weighted by atomic mass is 10.1. The summed E-state index contributed by atoms with van der Waals surface area (Å²) in [5.74, 6) is 0.784. The van der Waals surface area contributed by atoms with Crippen molar-refractivity contribution in [3.05, 3.63) is 59.2 Å². The molecule has 108 valence electrons. The van der Waals surface area contributed by atoms with E-state index in [2.05, 4.69) is 13.0 Å². The first-order valence-corrected chi connectivity index (χ1v) is 7.18. The largest absolute Gasteiger partial charge is 0.496 e. The lowest BCUT2D eigenvalue weighted by Crippen LogP contribution is -2.35. The molecule has 0 aromatic heterocycles. The highest BCUT2D eigenvalue weighted by molar-refractivity contribution is 6.08. The van der Waals surface area contributed by atoms with Crippen molar-refractivity contribution in [1.82, 2.24) is 0 Å². The Hall–Kier alpha value is -2.29. The fraction of sp³-hybridized carbons (Fsp3) is 0.278. The van der Waals surface area contributed by atoms with Crippen LogP contribution in [0.5, 0.6) is 5.75 Å². The topological polar surface area (TPSA) is 29.5 Å². The molecule has 0 radical (unpaired) electrons. The standard InChI is InChI=1S/C18H19NO2/c1-12-8-9-15(11-17(12)21-3)18(20)19-13(2)10-14-6-4-5-7-16(14)19/h4-9,11,13H,10H2,1-3H3/t13-/m1/s1. The van der Waals surface area contributed by atoms with Gasteiger partial charge in [0.25, 0.3) is 5.91 Å². The summed E-state index contributed by atoms with van der Waals surface area (Å²) in [6, 6.07) is 13.9. The number of carbonyl (C=O) groups is 1. The molecule has 0 fully saturated rings. The van der Waals surface area contributed by atoms with E-state index in [0.29, 0.717) is 5.56 Å². The normalized spacial score (nSPS) is 16.7. The Morgan fingerprint density at radius 3 is 2.76 bits per heavy atom. The molecule has 3 rings (SSSR count). The fourth-order valence-corrected chi connectivity index (χ4v) is 2.97. The van der Waals surface area contributed by atoms with Crippen LogP contribution in [0.25, 0.3) is 0 Å². The first-order valence-electron chi connectivity index (χ1n) is 7.18. The minimum absolute atomic E-state index is 0.0331. The van der Waals surface area contributed by atoms with E-state index in [1.807, 2.05) is 48.2 Å². The Bertz CT molecular complexity index is 693. The Labute approximate surface area is 125 Å². The minimum Gasteiger partial charge on any atom is -0.496 e. The second-order valence-corrected chi connectivity index (χ2v) is 5.54. The number of aryl methyl sites for hydroxylation is 1. The number of rotatable bonds is 2. The van der Waals surface area contributed by atoms with Gasteiger partial charge in [-0.15, -0.1) is 0 Å². The fourth-order valence-electron chi connectivity index (χ4n) is 2.97. The van der Waals surface area contributed by atoms with Crippen molar-refractivity contribution < 1.29 is 9.53 Å². The molecule has 0 aliphatic carbocycles. The van der Waals surface area contributed by atoms with Gasteiger partial charge in [-0.3, -0.25) is 4.79 Å². The molecule has 1 atom stereocenters. The van der Waals surface area contributed by atoms with Crippen molar-refractivity contribution in [3.8, 4) is 5.75 Å². The molecule has 21 heavy (non-hydrogen) atoms. The molecule has 1 amide bonds. The predicted octanol–water partition coefficient (Wildman–Crippen LogP) is 3.60. The molecule has 0 N–H and O–H groups in total. The summed E-state index contributed by atoms with van der Waals surface area (Å²) >= 11 is 0. The molecular formula is C18H19NO2. The summed E-state index contributed by atoms with van der Waals surface area (Å²) in [7, 11) is 1.63. The van der Waals surface area contributed by atoms with Gasteiger partial charge in [0.15, 0.2) is 0 Å². The molecule has 3 heteroatoms. The molecular weight excluding hydrogens is 262 g/mol. The van der Waals surface area contributed by atoms with E-state index in [-0.39, 0.29) is 11.9 Å². The summed E-state index contributed by atoms with van der Waals surface area (Å²) in [5.41, 5.74) is 3.96. The van der Waals surface area contributed by atoms with Gasteiger partial charge in [0.1, 0.15) is 5.75 Å². The molecule has 3 nitrogen and oxygen atoms in total. The van der Waals surface area contributed by atoms with E-state index < -0.39 is 0 Å². The summed E-state index contributed by atoms with van der Waals surface area (Å²) in [6.07, 6.45) is 0.908. The lowest BCUT2D eigenvalue weighted by molar-refractivity contribution is 0.0981. The third-order valence-electron chi connectivity index (χ3n) is 4.08. The van der Waals surface area contributed by atoms with Gasteiger partial charge in [-0.2, -0.15) is 0 Å². The van der Waals surface area contributed by atoms with Crippen LogP contribution >= 0.6 is 0 Å². The van der Waals surface area contributed by atoms with Crippen molar-refractivity contribution in [1.29, 1.82) is 0 Å². The maximum absolute atomic E-state index is 12.9. The zero-order chi connectivity index (χ0) is 15.0. The number of nitrogens with zero attached hydrogens (tertiary/aromatic N) is 1. The number of anilines is 1. The minimum atomic E-state index is 0.0331. The zero-order valence-electron chi connectivity index (χ0n) is 12.6. The smallest absolute Gasteiger partial charge is 0.258 e. The van der Waals surface area contributed by atoms with Gasteiger partial charge in [0, 0.05) is 17.3 Å². The number of hydrogen-bond acceptors (Lipinski definition) is 2. The zero-order valence-corrected chi connectivity index (χ0v) is 12.6. The number of benzene rings is 2. The highest BCUT2D eigenvalue weighted by Crippen LogP contribution is 2.33. The molecule has 0 bridgehead atoms. The van der Waals surface area contributed by atoms with Gasteiger partial charge >= 0.3 is 0 Å². The number of carbonyl (C=O) groups excluding carboxylic acids is 1. The molecule has 0 saturated carbocycles. The van der Waals surface area contributed by atoms with Gasteiger partial charge in [0.05, 0.1) is 7.11 Å². The highest BCUT2D eigenvalue weighted by Gasteiger charge is 2.31. The van der Waals surface area contributed by atoms with Crippen molar-refractivity contribution in [2.45, 2.75) is 26.3 Å². The Balaban J connectivity index is 1.99. The van der Waals surface area contributed by atoms with Gasteiger partial charge in [-0.1, -0.05) is 24.3 Å². The SMILES string of the molecule is COc1cc(C(=O)N2c3ccccc3C[C@H]2C)ccc1C. The number of amides is 1. The first-order chi connectivity index (χ1) is 10.1. The van der Waals surface area contributed by atoms with Crippen LogP contribution in [0.1, 0.15) is 28.4 Å². The van der Waals surface area contributed by atoms with E-state index >= 15 is 0 Å². The predicted molar refractivity (Wildman–Crippen MR) is 84.1 cm³/mol. The Morgan fingerprint density at radius 2 is 2.00 bits per heavy atom. The van der Waals surface area contributed by atoms with Crippen LogP contribution in [-0.2, 0) is 6.42 Å². The lowest BCUT2D eigenvalue weighted by Gasteiger charge is -2.23. The third-order valence-corrected chi connectivity index (χ3v) is 4.08. The molecule has 2 aromatic carbocycles. The summed E-state index contributed by atoms with van der Waals surface area (Å²) in [5, 5.41) is 0. The quantitative estimate of drug-likeness (QED) is 0.842. The number of ether oxygens (including phenoxy) is 1. The van der Waals surface area contributed by atoms with E-state index in [4.69, 9.17) is 4.74 Å². The monoisotopic (exact) mass is 281 g/mol. The first kappa shape index (κ1) is 13.7. The van der Waals surface area contributed by atoms with Crippen LogP contribution in [0.4, 0.5) is 5.69 Å². The van der Waals surface area contributed by atoms with E-state index in [0.717, 1.165) is 23.4 Å². The second-order valence-electron chi connectivity index (χ2n) is 5.54. The second kappa shape index (κ2) is 5.24. The van der Waals surface area contributed by atoms with E-state index in [9.17, 15) is 4.79 Å². The summed E-state index contributed by atoms with van der Waals surface area (Å²) < 4.78 is 5.32. The summed E-state index contributed by atoms with van der Waals surface area (Å²) in [4.78, 5) is 14.8. The number of methoxy groups -OCH3 is 1. The van der Waals surface area contributed by atoms with Crippen LogP contribution in [0.3, 0.4) is 0 Å². The van der Waals surface area contributed by atoms with Gasteiger partial charge in [0.2, 0.25) is 0 Å². The maximum Gasteiger partial charge on any atom is 0.258 e. The van der Waals surface area contributed by atoms with Crippen molar-refractivity contribution in [3.63, 3.8) is 0 Å². The van der Waals surface area contributed by atoms with Crippen molar-refractivity contribution >= 4 is 11.6 Å². The number of hydrogen-bond donors (Lipinski definition) is 0. The van der Waals surface area contributed by atoms with Crippen molar-refractivity contribution in [2.24, 2.45) is 0 Å². The molecule has 0 saturated heterocycles. The van der Waals surface area contributed by atoms with E-state index in [1.165, 1.54) is 5.56 Å². The van der Waals surface area contributed by atoms with Gasteiger partial charge < -0.3 is 9.64 Å².